The van der Waals surface area contributed by atoms with Gasteiger partial charge in [0.2, 0.25) is 6.41 Å². The third-order valence-corrected chi connectivity index (χ3v) is 4.26. The predicted molar refractivity (Wildman–Crippen MR) is 90.3 cm³/mol. The van der Waals surface area contributed by atoms with E-state index in [1.807, 2.05) is 0 Å². The van der Waals surface area contributed by atoms with Crippen LogP contribution in [0.1, 0.15) is 10.4 Å². The third-order valence-electron chi connectivity index (χ3n) is 3.90. The van der Waals surface area contributed by atoms with Crippen molar-refractivity contribution in [3.05, 3.63) is 47.0 Å². The highest BCUT2D eigenvalue weighted by Crippen LogP contribution is 2.38. The molecule has 0 atom stereocenters. The summed E-state index contributed by atoms with van der Waals surface area (Å²) in [5, 5.41) is 13.5. The highest BCUT2D eigenvalue weighted by molar-refractivity contribution is 6.36. The van der Waals surface area contributed by atoms with Crippen molar-refractivity contribution < 1.29 is 14.0 Å². The molecule has 0 saturated heterocycles. The zero-order chi connectivity index (χ0) is 17.6. The Bertz CT molecular complexity index is 1150. The molecule has 124 valence electrons. The predicted octanol–water partition coefficient (Wildman–Crippen LogP) is 3.05. The number of rotatable bonds is 4. The second-order valence-corrected chi connectivity index (χ2v) is 5.65. The highest BCUT2D eigenvalue weighted by Gasteiger charge is 2.21. The van der Waals surface area contributed by atoms with Crippen molar-refractivity contribution in [3.63, 3.8) is 0 Å². The zero-order valence-electron chi connectivity index (χ0n) is 12.5. The first kappa shape index (κ1) is 15.3. The van der Waals surface area contributed by atoms with E-state index >= 15 is 0 Å². The lowest BCUT2D eigenvalue weighted by molar-refractivity contribution is -0.105. The van der Waals surface area contributed by atoms with E-state index in [0.29, 0.717) is 40.5 Å². The number of aromatic nitrogens is 4. The molecule has 0 radical (unpaired) electrons. The first-order valence-corrected chi connectivity index (χ1v) is 7.51. The molecule has 4 rings (SSSR count). The van der Waals surface area contributed by atoms with Gasteiger partial charge in [-0.15, -0.1) is 0 Å². The van der Waals surface area contributed by atoms with Crippen molar-refractivity contribution in [1.29, 1.82) is 0 Å². The number of amides is 1. The number of nitrogens with one attached hydrogen (secondary N) is 2. The number of carbonyl (C=O) groups is 2. The van der Waals surface area contributed by atoms with Crippen LogP contribution in [0.3, 0.4) is 0 Å². The Morgan fingerprint density at radius 3 is 2.92 bits per heavy atom. The highest BCUT2D eigenvalue weighted by atomic mass is 35.5. The molecule has 25 heavy (non-hydrogen) atoms. The van der Waals surface area contributed by atoms with Crippen molar-refractivity contribution in [2.24, 2.45) is 0 Å². The van der Waals surface area contributed by atoms with Gasteiger partial charge in [0.15, 0.2) is 17.9 Å². The molecule has 2 N–H and O–H groups in total. The van der Waals surface area contributed by atoms with E-state index < -0.39 is 5.82 Å². The fourth-order valence-electron chi connectivity index (χ4n) is 2.81. The molecule has 4 aromatic rings. The molecular weight excluding hydrogens is 349 g/mol. The van der Waals surface area contributed by atoms with Crippen LogP contribution < -0.4 is 5.32 Å². The van der Waals surface area contributed by atoms with Crippen molar-refractivity contribution >= 4 is 46.5 Å². The van der Waals surface area contributed by atoms with Crippen LogP contribution in [0.4, 0.5) is 10.2 Å². The monoisotopic (exact) mass is 357 g/mol. The molecule has 0 fully saturated rings. The van der Waals surface area contributed by atoms with E-state index in [1.54, 1.807) is 28.9 Å². The second kappa shape index (κ2) is 5.67. The Labute approximate surface area is 144 Å². The van der Waals surface area contributed by atoms with Gasteiger partial charge in [0, 0.05) is 23.2 Å². The van der Waals surface area contributed by atoms with Gasteiger partial charge in [0.25, 0.3) is 0 Å². The van der Waals surface area contributed by atoms with Gasteiger partial charge >= 0.3 is 0 Å². The molecule has 0 aliphatic heterocycles. The van der Waals surface area contributed by atoms with Crippen LogP contribution in [-0.2, 0) is 4.79 Å². The summed E-state index contributed by atoms with van der Waals surface area (Å²) >= 11 is 6.20. The number of pyridine rings is 1. The van der Waals surface area contributed by atoms with Gasteiger partial charge in [0.1, 0.15) is 0 Å². The Balaban J connectivity index is 1.99. The van der Waals surface area contributed by atoms with E-state index in [9.17, 15) is 14.0 Å². The second-order valence-electron chi connectivity index (χ2n) is 5.27. The van der Waals surface area contributed by atoms with Gasteiger partial charge in [-0.3, -0.25) is 14.7 Å². The molecule has 3 heterocycles. The molecule has 0 aliphatic carbocycles. The van der Waals surface area contributed by atoms with Gasteiger partial charge < -0.3 is 5.32 Å². The fraction of sp³-hybridized carbons (Fsp3) is 0. The number of benzene rings is 1. The number of aldehydes is 1. The number of hydrogen-bond acceptors (Lipinski definition) is 4. The van der Waals surface area contributed by atoms with Crippen molar-refractivity contribution in [2.75, 3.05) is 5.32 Å². The van der Waals surface area contributed by atoms with E-state index in [1.165, 1.54) is 6.20 Å². The van der Waals surface area contributed by atoms with E-state index in [-0.39, 0.29) is 16.1 Å². The minimum Gasteiger partial charge on any atom is -0.312 e. The largest absolute Gasteiger partial charge is 0.312 e. The molecule has 0 saturated carbocycles. The van der Waals surface area contributed by atoms with Gasteiger partial charge in [-0.1, -0.05) is 11.6 Å². The molecular formula is C16H9ClFN5O2. The number of carbonyl (C=O) groups excluding carboxylic acids is 2. The number of nitrogens with zero attached hydrogens (tertiary/aromatic N) is 3. The summed E-state index contributed by atoms with van der Waals surface area (Å²) in [5.74, 6) is -0.422. The van der Waals surface area contributed by atoms with Gasteiger partial charge in [0.05, 0.1) is 27.8 Å². The van der Waals surface area contributed by atoms with E-state index in [4.69, 9.17) is 11.6 Å². The summed E-state index contributed by atoms with van der Waals surface area (Å²) in [5.41, 5.74) is 1.84. The topological polar surface area (TPSA) is 92.1 Å². The lowest BCUT2D eigenvalue weighted by atomic mass is 9.99. The van der Waals surface area contributed by atoms with Gasteiger partial charge in [-0.2, -0.15) is 10.2 Å². The number of aromatic amines is 1. The molecule has 0 unspecified atom stereocenters. The quantitative estimate of drug-likeness (QED) is 0.549. The van der Waals surface area contributed by atoms with E-state index in [2.05, 4.69) is 20.6 Å². The fourth-order valence-corrected chi connectivity index (χ4v) is 3.12. The molecule has 0 aliphatic rings. The van der Waals surface area contributed by atoms with Crippen LogP contribution in [0, 0.1) is 5.82 Å². The summed E-state index contributed by atoms with van der Waals surface area (Å²) < 4.78 is 16.1. The molecule has 1 amide bonds. The average molecular weight is 358 g/mol. The number of halogens is 2. The number of fused-ring (bicyclic) bond motifs is 2. The summed E-state index contributed by atoms with van der Waals surface area (Å²) in [7, 11) is 0. The molecule has 1 aromatic carbocycles. The first-order chi connectivity index (χ1) is 12.1. The summed E-state index contributed by atoms with van der Waals surface area (Å²) in [6, 6.07) is 5.11. The Morgan fingerprint density at radius 1 is 1.32 bits per heavy atom. The molecule has 9 heteroatoms. The lowest BCUT2D eigenvalue weighted by Gasteiger charge is -2.10. The van der Waals surface area contributed by atoms with Crippen molar-refractivity contribution in [3.8, 4) is 11.1 Å². The van der Waals surface area contributed by atoms with Crippen LogP contribution >= 0.6 is 11.6 Å². The van der Waals surface area contributed by atoms with Crippen LogP contribution in [0.5, 0.6) is 0 Å². The van der Waals surface area contributed by atoms with E-state index in [0.717, 1.165) is 0 Å². The summed E-state index contributed by atoms with van der Waals surface area (Å²) in [6.45, 7) is 0. The standard InChI is InChI=1S/C16H9ClFN5O2/c17-14-13(10-5-20-21-16(10)11(6-24)15(14)18)8-1-2-23-9(3-8)4-12(22-23)19-7-25/h1-7H,(H,20,21)(H,19,22,25). The van der Waals surface area contributed by atoms with Crippen molar-refractivity contribution in [1.82, 2.24) is 19.8 Å². The van der Waals surface area contributed by atoms with Crippen molar-refractivity contribution in [2.45, 2.75) is 0 Å². The normalized spacial score (nSPS) is 11.1. The maximum absolute atomic E-state index is 14.5. The maximum Gasteiger partial charge on any atom is 0.212 e. The molecule has 3 aromatic heterocycles. The Morgan fingerprint density at radius 2 is 2.16 bits per heavy atom. The first-order valence-electron chi connectivity index (χ1n) is 7.13. The summed E-state index contributed by atoms with van der Waals surface area (Å²) in [6.07, 6.45) is 4.09. The van der Waals surface area contributed by atoms with Gasteiger partial charge in [-0.25, -0.2) is 8.91 Å². The summed E-state index contributed by atoms with van der Waals surface area (Å²) in [4.78, 5) is 21.7. The third kappa shape index (κ3) is 2.26. The zero-order valence-corrected chi connectivity index (χ0v) is 13.2. The van der Waals surface area contributed by atoms with Crippen LogP contribution in [0.2, 0.25) is 5.02 Å². The number of hydrogen-bond donors (Lipinski definition) is 2. The minimum atomic E-state index is -0.805. The minimum absolute atomic E-state index is 0.161. The lowest BCUT2D eigenvalue weighted by Crippen LogP contribution is -1.96. The average Bonchev–Trinajstić information content (AvgIpc) is 3.22. The molecule has 0 bridgehead atoms. The Hall–Kier alpha value is -3.26. The number of H-pyrrole nitrogens is 1. The van der Waals surface area contributed by atoms with Crippen LogP contribution in [0.15, 0.2) is 30.6 Å². The maximum atomic E-state index is 14.5. The molecule has 0 spiro atoms. The molecule has 7 nitrogen and oxygen atoms in total. The Kier molecular flexibility index (Phi) is 3.47. The number of anilines is 1. The SMILES string of the molecule is O=CNc1cc2cc(-c3c(Cl)c(F)c(C=O)c4[nH]ncc34)ccn2n1. The smallest absolute Gasteiger partial charge is 0.212 e. The van der Waals surface area contributed by atoms with Crippen LogP contribution in [0.25, 0.3) is 27.5 Å². The van der Waals surface area contributed by atoms with Gasteiger partial charge in [-0.05, 0) is 17.7 Å². The van der Waals surface area contributed by atoms with Crippen LogP contribution in [-0.4, -0.2) is 32.5 Å².